The Bertz CT molecular complexity index is 1040. The first-order valence-corrected chi connectivity index (χ1v) is 11.5. The number of anilines is 1. The van der Waals surface area contributed by atoms with Crippen LogP contribution in [0.4, 0.5) is 5.69 Å². The maximum Gasteiger partial charge on any atom is 0.343 e. The van der Waals surface area contributed by atoms with Gasteiger partial charge in [0.25, 0.3) is 0 Å². The summed E-state index contributed by atoms with van der Waals surface area (Å²) in [6.07, 6.45) is 3.47. The molecule has 2 aliphatic rings. The highest BCUT2D eigenvalue weighted by Gasteiger charge is 2.50. The van der Waals surface area contributed by atoms with Crippen molar-refractivity contribution in [1.82, 2.24) is 0 Å². The zero-order valence-electron chi connectivity index (χ0n) is 19.3. The van der Waals surface area contributed by atoms with Crippen molar-refractivity contribution in [2.24, 2.45) is 17.8 Å². The van der Waals surface area contributed by atoms with Crippen molar-refractivity contribution in [1.29, 1.82) is 0 Å². The molecule has 1 aliphatic carbocycles. The average Bonchev–Trinajstić information content (AvgIpc) is 3.03. The lowest BCUT2D eigenvalue weighted by molar-refractivity contribution is -0.122. The van der Waals surface area contributed by atoms with Crippen molar-refractivity contribution in [2.45, 2.75) is 58.8 Å². The van der Waals surface area contributed by atoms with Crippen molar-refractivity contribution in [3.8, 4) is 5.75 Å². The van der Waals surface area contributed by atoms with Gasteiger partial charge in [0.15, 0.2) is 0 Å². The number of hydrogen-bond acceptors (Lipinski definition) is 4. The lowest BCUT2D eigenvalue weighted by Gasteiger charge is -2.25. The van der Waals surface area contributed by atoms with E-state index < -0.39 is 5.97 Å². The molecule has 32 heavy (non-hydrogen) atoms. The van der Waals surface area contributed by atoms with Crippen LogP contribution in [0.1, 0.15) is 69.3 Å². The molecular formula is C27H31NO4. The van der Waals surface area contributed by atoms with Crippen molar-refractivity contribution < 1.29 is 19.1 Å². The molecule has 2 aromatic carbocycles. The van der Waals surface area contributed by atoms with E-state index in [-0.39, 0.29) is 29.1 Å². The molecular weight excluding hydrogens is 402 g/mol. The number of rotatable bonds is 5. The van der Waals surface area contributed by atoms with Crippen molar-refractivity contribution in [3.63, 3.8) is 0 Å². The molecule has 1 aliphatic heterocycles. The van der Waals surface area contributed by atoms with E-state index in [9.17, 15) is 14.4 Å². The third-order valence-electron chi connectivity index (χ3n) is 7.26. The number of fused-ring (bicyclic) bond motifs is 1. The van der Waals surface area contributed by atoms with Crippen molar-refractivity contribution in [3.05, 3.63) is 59.7 Å². The van der Waals surface area contributed by atoms with E-state index in [2.05, 4.69) is 27.7 Å². The molecule has 0 radical (unpaired) electrons. The molecule has 0 N–H and O–H groups in total. The number of imide groups is 1. The molecule has 1 saturated carbocycles. The van der Waals surface area contributed by atoms with E-state index in [4.69, 9.17) is 4.74 Å². The fourth-order valence-electron chi connectivity index (χ4n) is 4.76. The number of ether oxygens (including phenoxy) is 1. The zero-order chi connectivity index (χ0) is 23.0. The molecule has 0 spiro atoms. The molecule has 4 rings (SSSR count). The minimum absolute atomic E-state index is 0.0562. The number of hydrogen-bond donors (Lipinski definition) is 0. The highest BCUT2D eigenvalue weighted by Crippen LogP contribution is 2.42. The van der Waals surface area contributed by atoms with Crippen molar-refractivity contribution >= 4 is 23.5 Å². The topological polar surface area (TPSA) is 63.7 Å². The van der Waals surface area contributed by atoms with Crippen LogP contribution in [-0.2, 0) is 15.0 Å². The predicted molar refractivity (Wildman–Crippen MR) is 124 cm³/mol. The molecule has 5 nitrogen and oxygen atoms in total. The predicted octanol–water partition coefficient (Wildman–Crippen LogP) is 5.52. The molecule has 2 fully saturated rings. The SMILES string of the molecule is CCC(C)(C)c1ccc(OC(=O)c2cccc(N3C(=O)[C@H]4C[C@H](C)CC[C@H]4C3=O)c2)cc1. The van der Waals surface area contributed by atoms with Gasteiger partial charge in [0.2, 0.25) is 11.8 Å². The summed E-state index contributed by atoms with van der Waals surface area (Å²) in [5, 5.41) is 0. The minimum atomic E-state index is -0.514. The third kappa shape index (κ3) is 4.08. The first kappa shape index (κ1) is 22.3. The molecule has 0 unspecified atom stereocenters. The summed E-state index contributed by atoms with van der Waals surface area (Å²) in [6, 6.07) is 14.2. The van der Waals surface area contributed by atoms with Crippen LogP contribution >= 0.6 is 0 Å². The Morgan fingerprint density at radius 2 is 1.72 bits per heavy atom. The van der Waals surface area contributed by atoms with E-state index in [1.807, 2.05) is 12.1 Å². The van der Waals surface area contributed by atoms with E-state index in [0.717, 1.165) is 25.7 Å². The van der Waals surface area contributed by atoms with Crippen LogP contribution in [0.15, 0.2) is 48.5 Å². The number of carbonyl (C=O) groups is 3. The van der Waals surface area contributed by atoms with Gasteiger partial charge in [0.05, 0.1) is 23.1 Å². The highest BCUT2D eigenvalue weighted by atomic mass is 16.5. The summed E-state index contributed by atoms with van der Waals surface area (Å²) in [7, 11) is 0. The van der Waals surface area contributed by atoms with E-state index in [1.54, 1.807) is 36.4 Å². The van der Waals surface area contributed by atoms with Gasteiger partial charge in [-0.15, -0.1) is 0 Å². The highest BCUT2D eigenvalue weighted by molar-refractivity contribution is 6.22. The van der Waals surface area contributed by atoms with Gasteiger partial charge in [0, 0.05) is 0 Å². The van der Waals surface area contributed by atoms with E-state index in [1.165, 1.54) is 10.5 Å². The molecule has 3 atom stereocenters. The normalized spacial score (nSPS) is 23.2. The number of carbonyl (C=O) groups excluding carboxylic acids is 3. The van der Waals surface area contributed by atoms with Gasteiger partial charge < -0.3 is 4.74 Å². The Morgan fingerprint density at radius 3 is 2.41 bits per heavy atom. The second-order valence-electron chi connectivity index (χ2n) is 9.84. The Labute approximate surface area is 189 Å². The number of esters is 1. The lowest BCUT2D eigenvalue weighted by Crippen LogP contribution is -2.31. The van der Waals surface area contributed by atoms with Crippen LogP contribution in [0.25, 0.3) is 0 Å². The minimum Gasteiger partial charge on any atom is -0.423 e. The quantitative estimate of drug-likeness (QED) is 0.354. The van der Waals surface area contributed by atoms with Crippen LogP contribution < -0.4 is 9.64 Å². The summed E-state index contributed by atoms with van der Waals surface area (Å²) in [5.74, 6) is -0.377. The molecule has 5 heteroatoms. The summed E-state index contributed by atoms with van der Waals surface area (Å²) in [6.45, 7) is 8.63. The van der Waals surface area contributed by atoms with Crippen LogP contribution in [0, 0.1) is 17.8 Å². The number of benzene rings is 2. The van der Waals surface area contributed by atoms with Gasteiger partial charge in [-0.1, -0.05) is 45.9 Å². The van der Waals surface area contributed by atoms with Crippen LogP contribution in [-0.4, -0.2) is 17.8 Å². The lowest BCUT2D eigenvalue weighted by atomic mass is 9.76. The molecule has 168 valence electrons. The summed E-state index contributed by atoms with van der Waals surface area (Å²) >= 11 is 0. The second-order valence-corrected chi connectivity index (χ2v) is 9.84. The van der Waals surface area contributed by atoms with Gasteiger partial charge in [-0.2, -0.15) is 0 Å². The summed E-state index contributed by atoms with van der Waals surface area (Å²) in [4.78, 5) is 40.0. The fourth-order valence-corrected chi connectivity index (χ4v) is 4.76. The largest absolute Gasteiger partial charge is 0.423 e. The van der Waals surface area contributed by atoms with Gasteiger partial charge in [-0.3, -0.25) is 14.5 Å². The van der Waals surface area contributed by atoms with Crippen LogP contribution in [0.5, 0.6) is 5.75 Å². The van der Waals surface area contributed by atoms with Gasteiger partial charge in [-0.05, 0) is 72.9 Å². The van der Waals surface area contributed by atoms with Crippen LogP contribution in [0.2, 0.25) is 0 Å². The molecule has 0 aromatic heterocycles. The Hall–Kier alpha value is -2.95. The van der Waals surface area contributed by atoms with E-state index in [0.29, 0.717) is 22.9 Å². The molecule has 0 bridgehead atoms. The second kappa shape index (κ2) is 8.53. The van der Waals surface area contributed by atoms with Crippen LogP contribution in [0.3, 0.4) is 0 Å². The maximum atomic E-state index is 13.0. The van der Waals surface area contributed by atoms with Crippen molar-refractivity contribution in [2.75, 3.05) is 4.90 Å². The summed E-state index contributed by atoms with van der Waals surface area (Å²) in [5.41, 5.74) is 1.99. The summed E-state index contributed by atoms with van der Waals surface area (Å²) < 4.78 is 5.55. The first-order valence-electron chi connectivity index (χ1n) is 11.5. The van der Waals surface area contributed by atoms with Gasteiger partial charge >= 0.3 is 5.97 Å². The Kier molecular flexibility index (Phi) is 5.93. The third-order valence-corrected chi connectivity index (χ3v) is 7.26. The standard InChI is InChI=1S/C27H31NO4/c1-5-27(3,4)19-10-12-21(13-11-19)32-26(31)18-7-6-8-20(16-18)28-24(29)22-14-9-17(2)15-23(22)25(28)30/h6-8,10-13,16-17,22-23H,5,9,14-15H2,1-4H3/t17-,22-,23+/m1/s1. The first-order chi connectivity index (χ1) is 15.2. The van der Waals surface area contributed by atoms with Gasteiger partial charge in [-0.25, -0.2) is 4.79 Å². The Morgan fingerprint density at radius 1 is 1.03 bits per heavy atom. The number of amides is 2. The molecule has 1 saturated heterocycles. The van der Waals surface area contributed by atoms with Gasteiger partial charge in [0.1, 0.15) is 5.75 Å². The molecule has 2 aromatic rings. The Balaban J connectivity index is 1.51. The van der Waals surface area contributed by atoms with E-state index >= 15 is 0 Å². The monoisotopic (exact) mass is 433 g/mol. The number of nitrogens with zero attached hydrogens (tertiary/aromatic N) is 1. The fraction of sp³-hybridized carbons (Fsp3) is 0.444. The average molecular weight is 434 g/mol. The maximum absolute atomic E-state index is 13.0. The molecule has 2 amide bonds. The smallest absolute Gasteiger partial charge is 0.343 e. The molecule has 1 heterocycles. The zero-order valence-corrected chi connectivity index (χ0v) is 19.3.